The summed E-state index contributed by atoms with van der Waals surface area (Å²) in [6, 6.07) is 0. The number of fused-ring (bicyclic) bond motifs is 1. The van der Waals surface area contributed by atoms with Gasteiger partial charge in [0, 0.05) is 39.3 Å². The first-order valence-electron chi connectivity index (χ1n) is 8.30. The maximum Gasteiger partial charge on any atom is 0.273 e. The Morgan fingerprint density at radius 3 is 2.64 bits per heavy atom. The van der Waals surface area contributed by atoms with Crippen molar-refractivity contribution in [2.75, 3.05) is 51.6 Å². The first-order chi connectivity index (χ1) is 11.9. The van der Waals surface area contributed by atoms with Gasteiger partial charge in [0.2, 0.25) is 15.9 Å². The molecule has 0 saturated carbocycles. The molecule has 25 heavy (non-hydrogen) atoms. The topological polar surface area (TPSA) is 96.8 Å². The van der Waals surface area contributed by atoms with Crippen LogP contribution in [0.15, 0.2) is 0 Å². The lowest BCUT2D eigenvalue weighted by atomic mass is 10.3. The number of ether oxygens (including phenoxy) is 1. The number of sulfonamides is 1. The summed E-state index contributed by atoms with van der Waals surface area (Å²) in [7, 11) is -3.12. The minimum Gasteiger partial charge on any atom is -0.475 e. The molecule has 0 bridgehead atoms. The highest BCUT2D eigenvalue weighted by atomic mass is 35.5. The first-order valence-corrected chi connectivity index (χ1v) is 10.3. The molecule has 0 aromatic carbocycles. The third kappa shape index (κ3) is 3.91. The summed E-state index contributed by atoms with van der Waals surface area (Å²) in [5, 5.41) is 7.21. The van der Waals surface area contributed by atoms with Crippen molar-refractivity contribution in [3.63, 3.8) is 0 Å². The van der Waals surface area contributed by atoms with Gasteiger partial charge in [-0.25, -0.2) is 13.1 Å². The van der Waals surface area contributed by atoms with Gasteiger partial charge in [-0.1, -0.05) is 11.6 Å². The summed E-state index contributed by atoms with van der Waals surface area (Å²) < 4.78 is 32.1. The SMILES string of the molecule is CCS(=O)(=O)N1CCN(CCNC(=O)c2nn3c(c2Cl)OCC3)CC1. The Hall–Kier alpha value is -1.36. The lowest BCUT2D eigenvalue weighted by molar-refractivity contribution is 0.0939. The third-order valence-corrected chi connectivity index (χ3v) is 6.63. The third-order valence-electron chi connectivity index (χ3n) is 4.41. The average Bonchev–Trinajstić information content (AvgIpc) is 3.18. The van der Waals surface area contributed by atoms with Gasteiger partial charge in [0.25, 0.3) is 5.91 Å². The Morgan fingerprint density at radius 2 is 2.00 bits per heavy atom. The van der Waals surface area contributed by atoms with Crippen molar-refractivity contribution in [2.45, 2.75) is 13.5 Å². The van der Waals surface area contributed by atoms with Gasteiger partial charge in [-0.05, 0) is 6.92 Å². The molecule has 1 fully saturated rings. The van der Waals surface area contributed by atoms with Crippen LogP contribution in [-0.4, -0.2) is 84.9 Å². The molecule has 1 saturated heterocycles. The van der Waals surface area contributed by atoms with E-state index in [2.05, 4.69) is 15.3 Å². The smallest absolute Gasteiger partial charge is 0.273 e. The predicted molar refractivity (Wildman–Crippen MR) is 92.5 cm³/mol. The van der Waals surface area contributed by atoms with Crippen LogP contribution in [0, 0.1) is 0 Å². The fourth-order valence-corrected chi connectivity index (χ4v) is 4.27. The van der Waals surface area contributed by atoms with Crippen LogP contribution in [-0.2, 0) is 16.6 Å². The van der Waals surface area contributed by atoms with Gasteiger partial charge in [-0.15, -0.1) is 0 Å². The number of rotatable bonds is 6. The van der Waals surface area contributed by atoms with E-state index in [0.717, 1.165) is 0 Å². The molecule has 3 heterocycles. The van der Waals surface area contributed by atoms with E-state index in [0.29, 0.717) is 58.3 Å². The van der Waals surface area contributed by atoms with Crippen molar-refractivity contribution in [3.05, 3.63) is 10.7 Å². The number of carbonyl (C=O) groups is 1. The molecule has 11 heteroatoms. The highest BCUT2D eigenvalue weighted by molar-refractivity contribution is 7.89. The van der Waals surface area contributed by atoms with E-state index >= 15 is 0 Å². The Labute approximate surface area is 151 Å². The van der Waals surface area contributed by atoms with E-state index in [1.54, 1.807) is 11.6 Å². The number of nitrogens with one attached hydrogen (secondary N) is 1. The second-order valence-electron chi connectivity index (χ2n) is 5.94. The second kappa shape index (κ2) is 7.48. The lowest BCUT2D eigenvalue weighted by Gasteiger charge is -2.33. The van der Waals surface area contributed by atoms with Crippen molar-refractivity contribution in [1.29, 1.82) is 0 Å². The predicted octanol–water partition coefficient (Wildman–Crippen LogP) is -0.374. The molecule has 3 rings (SSSR count). The molecule has 9 nitrogen and oxygen atoms in total. The van der Waals surface area contributed by atoms with Crippen LogP contribution in [0.3, 0.4) is 0 Å². The molecule has 140 valence electrons. The fourth-order valence-electron chi connectivity index (χ4n) is 2.91. The Kier molecular flexibility index (Phi) is 5.52. The van der Waals surface area contributed by atoms with Gasteiger partial charge in [0.1, 0.15) is 11.6 Å². The van der Waals surface area contributed by atoms with E-state index in [4.69, 9.17) is 16.3 Å². The normalized spacial score (nSPS) is 18.8. The maximum absolute atomic E-state index is 12.2. The van der Waals surface area contributed by atoms with E-state index in [1.165, 1.54) is 4.31 Å². The van der Waals surface area contributed by atoms with Crippen LogP contribution >= 0.6 is 11.6 Å². The van der Waals surface area contributed by atoms with Crippen molar-refractivity contribution in [3.8, 4) is 5.88 Å². The molecule has 0 radical (unpaired) electrons. The number of hydrogen-bond acceptors (Lipinski definition) is 6. The molecule has 2 aliphatic rings. The molecular weight excluding hydrogens is 370 g/mol. The molecule has 2 aliphatic heterocycles. The van der Waals surface area contributed by atoms with E-state index in [9.17, 15) is 13.2 Å². The van der Waals surface area contributed by atoms with Gasteiger partial charge in [-0.3, -0.25) is 9.69 Å². The van der Waals surface area contributed by atoms with Crippen LogP contribution in [0.2, 0.25) is 5.02 Å². The monoisotopic (exact) mass is 391 g/mol. The summed E-state index contributed by atoms with van der Waals surface area (Å²) in [4.78, 5) is 14.3. The van der Waals surface area contributed by atoms with Gasteiger partial charge < -0.3 is 10.1 Å². The van der Waals surface area contributed by atoms with Crippen molar-refractivity contribution >= 4 is 27.5 Å². The lowest BCUT2D eigenvalue weighted by Crippen LogP contribution is -2.50. The molecule has 1 N–H and O–H groups in total. The summed E-state index contributed by atoms with van der Waals surface area (Å²) in [6.45, 7) is 6.13. The van der Waals surface area contributed by atoms with Crippen molar-refractivity contribution < 1.29 is 17.9 Å². The van der Waals surface area contributed by atoms with Crippen LogP contribution in [0.1, 0.15) is 17.4 Å². The highest BCUT2D eigenvalue weighted by Crippen LogP contribution is 2.31. The highest BCUT2D eigenvalue weighted by Gasteiger charge is 2.27. The molecule has 0 unspecified atom stereocenters. The van der Waals surface area contributed by atoms with E-state index < -0.39 is 10.0 Å². The number of halogens is 1. The molecule has 0 atom stereocenters. The van der Waals surface area contributed by atoms with Gasteiger partial charge >= 0.3 is 0 Å². The Morgan fingerprint density at radius 1 is 1.28 bits per heavy atom. The number of aromatic nitrogens is 2. The van der Waals surface area contributed by atoms with Gasteiger partial charge in [0.15, 0.2) is 5.69 Å². The van der Waals surface area contributed by atoms with Crippen molar-refractivity contribution in [1.82, 2.24) is 24.3 Å². The second-order valence-corrected chi connectivity index (χ2v) is 8.57. The number of nitrogens with zero attached hydrogens (tertiary/aromatic N) is 4. The summed E-state index contributed by atoms with van der Waals surface area (Å²) in [5.41, 5.74) is 0.176. The van der Waals surface area contributed by atoms with E-state index in [1.807, 2.05) is 0 Å². The molecule has 1 amide bonds. The first kappa shape index (κ1) is 18.4. The maximum atomic E-state index is 12.2. The number of amides is 1. The molecule has 0 aliphatic carbocycles. The fraction of sp³-hybridized carbons (Fsp3) is 0.714. The zero-order valence-electron chi connectivity index (χ0n) is 14.1. The molecule has 0 spiro atoms. The number of piperazine rings is 1. The standard InChI is InChI=1S/C14H22ClN5O4S/c1-2-25(22,23)19-7-5-18(6-8-19)4-3-16-13(21)12-11(15)14-20(17-12)9-10-24-14/h2-10H2,1H3,(H,16,21). The molecule has 1 aromatic heterocycles. The van der Waals surface area contributed by atoms with Gasteiger partial charge in [-0.2, -0.15) is 9.40 Å². The Balaban J connectivity index is 1.44. The molecular formula is C14H22ClN5O4S. The van der Waals surface area contributed by atoms with Gasteiger partial charge in [0.05, 0.1) is 12.3 Å². The zero-order valence-corrected chi connectivity index (χ0v) is 15.6. The van der Waals surface area contributed by atoms with Crippen LogP contribution in [0.5, 0.6) is 5.88 Å². The van der Waals surface area contributed by atoms with Crippen LogP contribution < -0.4 is 10.1 Å². The minimum atomic E-state index is -3.12. The summed E-state index contributed by atoms with van der Waals surface area (Å²) in [6.07, 6.45) is 0. The quantitative estimate of drug-likeness (QED) is 0.710. The minimum absolute atomic E-state index is 0.127. The zero-order chi connectivity index (χ0) is 18.0. The molecule has 1 aromatic rings. The summed E-state index contributed by atoms with van der Waals surface area (Å²) >= 11 is 6.12. The Bertz CT molecular complexity index is 743. The average molecular weight is 392 g/mol. The van der Waals surface area contributed by atoms with Crippen LogP contribution in [0.4, 0.5) is 0 Å². The van der Waals surface area contributed by atoms with E-state index in [-0.39, 0.29) is 22.4 Å². The summed E-state index contributed by atoms with van der Waals surface area (Å²) in [5.74, 6) is 0.241. The van der Waals surface area contributed by atoms with Crippen LogP contribution in [0.25, 0.3) is 0 Å². The largest absolute Gasteiger partial charge is 0.475 e. The van der Waals surface area contributed by atoms with Crippen molar-refractivity contribution in [2.24, 2.45) is 0 Å². The number of carbonyl (C=O) groups excluding carboxylic acids is 1. The number of hydrogen-bond donors (Lipinski definition) is 1.